The molecule has 1 aliphatic heterocycles. The fraction of sp³-hybridized carbons (Fsp3) is 0.444. The van der Waals surface area contributed by atoms with Crippen LogP contribution in [-0.4, -0.2) is 44.4 Å². The first-order chi connectivity index (χ1) is 16.9. The van der Waals surface area contributed by atoms with Crippen LogP contribution in [0.2, 0.25) is 0 Å². The van der Waals surface area contributed by atoms with E-state index in [0.717, 1.165) is 69.7 Å². The molecule has 1 fully saturated rings. The van der Waals surface area contributed by atoms with E-state index >= 15 is 0 Å². The van der Waals surface area contributed by atoms with Crippen molar-refractivity contribution in [2.75, 3.05) is 44.3 Å². The number of aryl methyl sites for hydroxylation is 1. The van der Waals surface area contributed by atoms with Crippen molar-refractivity contribution in [3.63, 3.8) is 0 Å². The normalized spacial score (nSPS) is 14.3. The van der Waals surface area contributed by atoms with Gasteiger partial charge in [-0.1, -0.05) is 0 Å². The molecule has 2 heterocycles. The van der Waals surface area contributed by atoms with Crippen molar-refractivity contribution in [3.8, 4) is 11.5 Å². The van der Waals surface area contributed by atoms with Gasteiger partial charge < -0.3 is 19.7 Å². The Hall–Kier alpha value is -3.00. The lowest BCUT2D eigenvalue weighted by atomic mass is 10.1. The Morgan fingerprint density at radius 2 is 1.66 bits per heavy atom. The number of rotatable bonds is 10. The van der Waals surface area contributed by atoms with Crippen LogP contribution in [0, 0.1) is 6.92 Å². The van der Waals surface area contributed by atoms with Gasteiger partial charge in [0.05, 0.1) is 24.3 Å². The van der Waals surface area contributed by atoms with Crippen LogP contribution in [-0.2, 0) is 6.18 Å². The van der Waals surface area contributed by atoms with Crippen LogP contribution in [0.4, 0.5) is 18.9 Å². The van der Waals surface area contributed by atoms with Crippen LogP contribution in [0.3, 0.4) is 0 Å². The highest BCUT2D eigenvalue weighted by Crippen LogP contribution is 2.33. The van der Waals surface area contributed by atoms with Gasteiger partial charge in [-0.15, -0.1) is 0 Å². The van der Waals surface area contributed by atoms with E-state index < -0.39 is 11.7 Å². The first-order valence-corrected chi connectivity index (χ1v) is 12.2. The Kier molecular flexibility index (Phi) is 8.33. The monoisotopic (exact) mass is 487 g/mol. The molecule has 3 aromatic rings. The average molecular weight is 488 g/mol. The molecule has 0 aliphatic carbocycles. The fourth-order valence-electron chi connectivity index (χ4n) is 4.33. The molecule has 0 spiro atoms. The number of benzene rings is 2. The molecule has 188 valence electrons. The molecule has 0 saturated carbocycles. The van der Waals surface area contributed by atoms with Crippen molar-refractivity contribution in [2.24, 2.45) is 0 Å². The predicted octanol–water partition coefficient (Wildman–Crippen LogP) is 5.99. The number of nitrogens with one attached hydrogen (secondary N) is 1. The third kappa shape index (κ3) is 6.78. The Balaban J connectivity index is 1.15. The van der Waals surface area contributed by atoms with Crippen molar-refractivity contribution in [1.29, 1.82) is 0 Å². The summed E-state index contributed by atoms with van der Waals surface area (Å²) in [5.74, 6) is 1.47. The van der Waals surface area contributed by atoms with Crippen LogP contribution in [0.5, 0.6) is 11.5 Å². The number of anilines is 1. The minimum Gasteiger partial charge on any atom is -0.494 e. The number of piperazine rings is 1. The molecule has 2 aromatic carbocycles. The average Bonchev–Trinajstić information content (AvgIpc) is 2.85. The Morgan fingerprint density at radius 3 is 2.37 bits per heavy atom. The first kappa shape index (κ1) is 25.1. The highest BCUT2D eigenvalue weighted by molar-refractivity contribution is 5.85. The topological polar surface area (TPSA) is 46.6 Å². The predicted molar refractivity (Wildman–Crippen MR) is 132 cm³/mol. The van der Waals surface area contributed by atoms with Gasteiger partial charge in [0.2, 0.25) is 0 Å². The number of alkyl halides is 3. The third-order valence-electron chi connectivity index (χ3n) is 6.22. The minimum absolute atomic E-state index is 0.283. The molecule has 1 saturated heterocycles. The van der Waals surface area contributed by atoms with E-state index in [1.54, 1.807) is 6.07 Å². The lowest BCUT2D eigenvalue weighted by molar-refractivity contribution is -0.137. The summed E-state index contributed by atoms with van der Waals surface area (Å²) in [7, 11) is 0. The number of hydrogen-bond donors (Lipinski definition) is 1. The van der Waals surface area contributed by atoms with E-state index in [0.29, 0.717) is 24.3 Å². The minimum atomic E-state index is -4.39. The largest absolute Gasteiger partial charge is 0.494 e. The summed E-state index contributed by atoms with van der Waals surface area (Å²) in [6.07, 6.45) is 0.926. The van der Waals surface area contributed by atoms with Gasteiger partial charge in [-0.25, -0.2) is 0 Å². The maximum atomic E-state index is 12.9. The number of nitrogens with zero attached hydrogens (tertiary/aromatic N) is 2. The lowest BCUT2D eigenvalue weighted by Crippen LogP contribution is -2.43. The summed E-state index contributed by atoms with van der Waals surface area (Å²) in [4.78, 5) is 6.46. The zero-order valence-corrected chi connectivity index (χ0v) is 20.0. The molecular weight excluding hydrogens is 455 g/mol. The molecule has 0 amide bonds. The summed E-state index contributed by atoms with van der Waals surface area (Å²) in [5.41, 5.74) is 2.09. The Bertz CT molecular complexity index is 1110. The van der Waals surface area contributed by atoms with Gasteiger partial charge in [-0.2, -0.15) is 13.2 Å². The van der Waals surface area contributed by atoms with E-state index in [2.05, 4.69) is 40.3 Å². The Labute approximate surface area is 204 Å². The number of halogens is 3. The van der Waals surface area contributed by atoms with Crippen LogP contribution in [0.1, 0.15) is 36.8 Å². The third-order valence-corrected chi connectivity index (χ3v) is 6.22. The van der Waals surface area contributed by atoms with E-state index in [4.69, 9.17) is 9.47 Å². The van der Waals surface area contributed by atoms with E-state index in [1.165, 1.54) is 23.5 Å². The molecule has 1 aromatic heterocycles. The fourth-order valence-corrected chi connectivity index (χ4v) is 4.33. The zero-order valence-electron chi connectivity index (χ0n) is 20.0. The maximum Gasteiger partial charge on any atom is 0.416 e. The van der Waals surface area contributed by atoms with Crippen LogP contribution >= 0.6 is 0 Å². The SMILES string of the molecule is Cc1cc(OCCCCCCOc2ccnc3cc(C(F)(F)F)ccc23)ccc1N1CCNCC1. The van der Waals surface area contributed by atoms with E-state index in [9.17, 15) is 13.2 Å². The summed E-state index contributed by atoms with van der Waals surface area (Å²) in [6.45, 7) is 7.40. The van der Waals surface area contributed by atoms with Gasteiger partial charge in [-0.3, -0.25) is 4.98 Å². The van der Waals surface area contributed by atoms with Gasteiger partial charge in [0.15, 0.2) is 0 Å². The number of fused-ring (bicyclic) bond motifs is 1. The summed E-state index contributed by atoms with van der Waals surface area (Å²) in [5, 5.41) is 3.97. The standard InChI is InChI=1S/C27H32F3N3O2/c1-20-18-22(7-9-25(20)33-14-12-31-13-15-33)34-16-4-2-3-5-17-35-26-10-11-32-24-19-21(27(28,29)30)6-8-23(24)26/h6-11,18-19,31H,2-5,12-17H2,1H3. The van der Waals surface area contributed by atoms with Gasteiger partial charge in [0, 0.05) is 43.4 Å². The number of ether oxygens (including phenoxy) is 2. The number of pyridine rings is 1. The maximum absolute atomic E-state index is 12.9. The van der Waals surface area contributed by atoms with E-state index in [-0.39, 0.29) is 5.52 Å². The van der Waals surface area contributed by atoms with Crippen molar-refractivity contribution < 1.29 is 22.6 Å². The second-order valence-corrected chi connectivity index (χ2v) is 8.84. The van der Waals surface area contributed by atoms with Crippen molar-refractivity contribution >= 4 is 16.6 Å². The van der Waals surface area contributed by atoms with Crippen LogP contribution < -0.4 is 19.7 Å². The second kappa shape index (κ2) is 11.6. The molecule has 0 unspecified atom stereocenters. The molecule has 0 radical (unpaired) electrons. The van der Waals surface area contributed by atoms with Crippen molar-refractivity contribution in [2.45, 2.75) is 38.8 Å². The molecule has 35 heavy (non-hydrogen) atoms. The Morgan fingerprint density at radius 1 is 0.914 bits per heavy atom. The van der Waals surface area contributed by atoms with Crippen LogP contribution in [0.15, 0.2) is 48.7 Å². The molecule has 0 bridgehead atoms. The number of hydrogen-bond acceptors (Lipinski definition) is 5. The van der Waals surface area contributed by atoms with Crippen LogP contribution in [0.25, 0.3) is 10.9 Å². The quantitative estimate of drug-likeness (QED) is 0.356. The zero-order chi connectivity index (χ0) is 24.7. The number of aromatic nitrogens is 1. The molecule has 0 atom stereocenters. The van der Waals surface area contributed by atoms with Crippen molar-refractivity contribution in [1.82, 2.24) is 10.3 Å². The summed E-state index contributed by atoms with van der Waals surface area (Å²) < 4.78 is 50.5. The lowest BCUT2D eigenvalue weighted by Gasteiger charge is -2.30. The van der Waals surface area contributed by atoms with Gasteiger partial charge in [0.1, 0.15) is 11.5 Å². The molecule has 4 rings (SSSR count). The van der Waals surface area contributed by atoms with Crippen molar-refractivity contribution in [3.05, 3.63) is 59.8 Å². The first-order valence-electron chi connectivity index (χ1n) is 12.2. The smallest absolute Gasteiger partial charge is 0.416 e. The second-order valence-electron chi connectivity index (χ2n) is 8.84. The van der Waals surface area contributed by atoms with Gasteiger partial charge in [-0.05, 0) is 80.6 Å². The molecular formula is C27H32F3N3O2. The molecule has 1 N–H and O–H groups in total. The summed E-state index contributed by atoms with van der Waals surface area (Å²) in [6, 6.07) is 11.6. The van der Waals surface area contributed by atoms with Gasteiger partial charge in [0.25, 0.3) is 0 Å². The highest BCUT2D eigenvalue weighted by Gasteiger charge is 2.30. The summed E-state index contributed by atoms with van der Waals surface area (Å²) >= 11 is 0. The molecule has 1 aliphatic rings. The van der Waals surface area contributed by atoms with Gasteiger partial charge >= 0.3 is 6.18 Å². The molecule has 8 heteroatoms. The number of unbranched alkanes of at least 4 members (excludes halogenated alkanes) is 3. The highest BCUT2D eigenvalue weighted by atomic mass is 19.4. The van der Waals surface area contributed by atoms with E-state index in [1.807, 2.05) is 0 Å². The molecule has 5 nitrogen and oxygen atoms in total.